The number of fused-ring (bicyclic) bond motifs is 1. The number of nitrogens with one attached hydrogen (secondary N) is 1. The maximum Gasteiger partial charge on any atom is 0.158 e. The van der Waals surface area contributed by atoms with E-state index in [2.05, 4.69) is 54.4 Å². The summed E-state index contributed by atoms with van der Waals surface area (Å²) in [6, 6.07) is 7.77. The van der Waals surface area contributed by atoms with E-state index in [-0.39, 0.29) is 11.7 Å². The summed E-state index contributed by atoms with van der Waals surface area (Å²) in [5.74, 6) is -0.243. The first-order chi connectivity index (χ1) is 19.6. The highest BCUT2D eigenvalue weighted by Gasteiger charge is 2.30. The number of aromatic nitrogens is 5. The number of halogens is 1. The van der Waals surface area contributed by atoms with E-state index in [4.69, 9.17) is 9.84 Å². The molecule has 0 aliphatic carbocycles. The van der Waals surface area contributed by atoms with Crippen LogP contribution in [-0.2, 0) is 22.8 Å². The number of hydrogen-bond acceptors (Lipinski definition) is 6. The third kappa shape index (κ3) is 7.31. The molecule has 3 aromatic heterocycles. The number of hydrogen-bond donors (Lipinski definition) is 1. The van der Waals surface area contributed by atoms with Crippen LogP contribution in [0.25, 0.3) is 28.2 Å². The molecule has 0 saturated heterocycles. The summed E-state index contributed by atoms with van der Waals surface area (Å²) < 4.78 is 40.5. The predicted molar refractivity (Wildman–Crippen MR) is 172 cm³/mol. The Hall–Kier alpha value is -2.57. The molecule has 4 aromatic rings. The van der Waals surface area contributed by atoms with Gasteiger partial charge >= 0.3 is 0 Å². The highest BCUT2D eigenvalue weighted by atomic mass is 32.2. The Balaban J connectivity index is 1.83. The molecule has 4 rings (SSSR count). The van der Waals surface area contributed by atoms with Gasteiger partial charge in [0, 0.05) is 54.5 Å². The second-order valence-corrected chi connectivity index (χ2v) is 21.1. The summed E-state index contributed by atoms with van der Waals surface area (Å²) in [4.78, 5) is 4.38. The van der Waals surface area contributed by atoms with Crippen LogP contribution in [0.5, 0.6) is 0 Å². The Bertz CT molecular complexity index is 1540. The van der Waals surface area contributed by atoms with Gasteiger partial charge in [0.1, 0.15) is 23.6 Å². The van der Waals surface area contributed by atoms with Crippen molar-refractivity contribution in [2.75, 3.05) is 6.61 Å². The van der Waals surface area contributed by atoms with Crippen LogP contribution in [0, 0.1) is 12.7 Å². The summed E-state index contributed by atoms with van der Waals surface area (Å²) >= 11 is -1.35. The van der Waals surface area contributed by atoms with Crippen LogP contribution in [0.4, 0.5) is 4.39 Å². The van der Waals surface area contributed by atoms with Gasteiger partial charge in [-0.1, -0.05) is 33.5 Å². The molecular weight excluding hydrogens is 568 g/mol. The van der Waals surface area contributed by atoms with Gasteiger partial charge in [-0.2, -0.15) is 10.2 Å². The third-order valence-electron chi connectivity index (χ3n) is 7.18. The highest BCUT2D eigenvalue weighted by Crippen LogP contribution is 2.39. The Labute approximate surface area is 253 Å². The molecule has 0 saturated carbocycles. The lowest BCUT2D eigenvalue weighted by atomic mass is 9.92. The summed E-state index contributed by atoms with van der Waals surface area (Å²) in [6.07, 6.45) is 3.53. The van der Waals surface area contributed by atoms with Crippen molar-refractivity contribution < 1.29 is 13.7 Å². The van der Waals surface area contributed by atoms with Gasteiger partial charge in [-0.15, -0.1) is 4.72 Å². The van der Waals surface area contributed by atoms with Crippen LogP contribution in [0.3, 0.4) is 0 Å². The minimum Gasteiger partial charge on any atom is -0.598 e. The summed E-state index contributed by atoms with van der Waals surface area (Å²) in [6.45, 7) is 21.8. The van der Waals surface area contributed by atoms with Gasteiger partial charge in [0.2, 0.25) is 0 Å². The van der Waals surface area contributed by atoms with Gasteiger partial charge < -0.3 is 9.29 Å². The topological polar surface area (TPSA) is 92.3 Å². The number of ether oxygens (including phenoxy) is 1. The van der Waals surface area contributed by atoms with Crippen LogP contribution in [0.15, 0.2) is 36.8 Å². The van der Waals surface area contributed by atoms with Crippen molar-refractivity contribution in [1.82, 2.24) is 29.1 Å². The van der Waals surface area contributed by atoms with E-state index in [0.717, 1.165) is 45.3 Å². The van der Waals surface area contributed by atoms with Crippen LogP contribution < -0.4 is 4.72 Å². The van der Waals surface area contributed by atoms with Crippen molar-refractivity contribution in [2.24, 2.45) is 0 Å². The number of pyridine rings is 1. The molecule has 1 N–H and O–H groups in total. The molecule has 0 radical (unpaired) electrons. The number of nitrogens with zero attached hydrogens (tertiary/aromatic N) is 5. The molecule has 2 atom stereocenters. The van der Waals surface area contributed by atoms with Crippen LogP contribution in [-0.4, -0.2) is 48.4 Å². The maximum atomic E-state index is 15.2. The Kier molecular flexibility index (Phi) is 9.68. The van der Waals surface area contributed by atoms with Crippen molar-refractivity contribution in [2.45, 2.75) is 97.6 Å². The van der Waals surface area contributed by atoms with Gasteiger partial charge in [-0.05, 0) is 76.4 Å². The largest absolute Gasteiger partial charge is 0.598 e. The zero-order chi connectivity index (χ0) is 31.0. The molecular formula is C31H45FN6O2SSi. The fourth-order valence-corrected chi connectivity index (χ4v) is 6.37. The molecule has 0 aliphatic rings. The fourth-order valence-electron chi connectivity index (χ4n) is 4.81. The first kappa shape index (κ1) is 32.3. The molecule has 0 aliphatic heterocycles. The van der Waals surface area contributed by atoms with Gasteiger partial charge in [-0.25, -0.2) is 18.6 Å². The molecule has 1 aromatic carbocycles. The van der Waals surface area contributed by atoms with Crippen LogP contribution in [0.1, 0.15) is 70.2 Å². The van der Waals surface area contributed by atoms with E-state index in [1.807, 2.05) is 51.6 Å². The normalized spacial score (nSPS) is 14.2. The summed E-state index contributed by atoms with van der Waals surface area (Å²) in [7, 11) is -1.26. The number of rotatable bonds is 11. The molecule has 8 nitrogen and oxygen atoms in total. The van der Waals surface area contributed by atoms with E-state index >= 15 is 4.39 Å². The number of benzene rings is 1. The smallest absolute Gasteiger partial charge is 0.158 e. The van der Waals surface area contributed by atoms with Gasteiger partial charge in [0.25, 0.3) is 0 Å². The average Bonchev–Trinajstić information content (AvgIpc) is 3.51. The first-order valence-electron chi connectivity index (χ1n) is 14.5. The standard InChI is InChI=1S/C31H45FN6O2SSi/c1-20(2)27-28(23-11-12-26(32)25(16-23)22(4)36-41(39)31(5,6)7)35-38(19-40-13-14-42(8,9)10)29(27)24-15-21(3)30-33-18-34-37(30)17-24/h11-12,15-18,20,22,36H,13-14,19H2,1-10H3/t22-,41?/m0/s1. The highest BCUT2D eigenvalue weighted by molar-refractivity contribution is 7.90. The van der Waals surface area contributed by atoms with E-state index in [9.17, 15) is 4.55 Å². The van der Waals surface area contributed by atoms with E-state index < -0.39 is 30.2 Å². The third-order valence-corrected chi connectivity index (χ3v) is 10.6. The average molecular weight is 613 g/mol. The van der Waals surface area contributed by atoms with E-state index in [0.29, 0.717) is 18.9 Å². The van der Waals surface area contributed by atoms with Gasteiger partial charge in [-0.3, -0.25) is 0 Å². The maximum absolute atomic E-state index is 15.2. The molecule has 0 amide bonds. The fraction of sp³-hybridized carbons (Fsp3) is 0.516. The second kappa shape index (κ2) is 12.6. The van der Waals surface area contributed by atoms with Crippen LogP contribution >= 0.6 is 0 Å². The van der Waals surface area contributed by atoms with Gasteiger partial charge in [0.05, 0.1) is 17.4 Å². The minimum atomic E-state index is -1.35. The lowest BCUT2D eigenvalue weighted by molar-refractivity contribution is 0.0799. The Morgan fingerprint density at radius 1 is 1.12 bits per heavy atom. The van der Waals surface area contributed by atoms with Gasteiger partial charge in [0.15, 0.2) is 5.65 Å². The molecule has 1 unspecified atom stereocenters. The Morgan fingerprint density at radius 2 is 1.83 bits per heavy atom. The van der Waals surface area contributed by atoms with Crippen molar-refractivity contribution >= 4 is 25.1 Å². The molecule has 42 heavy (non-hydrogen) atoms. The van der Waals surface area contributed by atoms with Crippen molar-refractivity contribution in [3.8, 4) is 22.5 Å². The summed E-state index contributed by atoms with van der Waals surface area (Å²) in [5, 5.41) is 9.49. The molecule has 11 heteroatoms. The SMILES string of the molecule is Cc1cc(-c2c(C(C)C)c(-c3ccc(F)c([C@H](C)N[S+]([O-])C(C)(C)C)c3)nn2COCC[Si](C)(C)C)cn2ncnc12. The van der Waals surface area contributed by atoms with E-state index in [1.54, 1.807) is 16.9 Å². The van der Waals surface area contributed by atoms with E-state index in [1.165, 1.54) is 6.07 Å². The lowest BCUT2D eigenvalue weighted by Gasteiger charge is -2.26. The molecule has 3 heterocycles. The number of aryl methyl sites for hydroxylation is 1. The van der Waals surface area contributed by atoms with Crippen molar-refractivity contribution in [1.29, 1.82) is 0 Å². The lowest BCUT2D eigenvalue weighted by Crippen LogP contribution is -2.40. The summed E-state index contributed by atoms with van der Waals surface area (Å²) in [5.41, 5.74) is 6.77. The van der Waals surface area contributed by atoms with Crippen molar-refractivity contribution in [3.63, 3.8) is 0 Å². The zero-order valence-corrected chi connectivity index (χ0v) is 28.4. The van der Waals surface area contributed by atoms with Crippen LogP contribution in [0.2, 0.25) is 25.7 Å². The first-order valence-corrected chi connectivity index (χ1v) is 19.4. The molecule has 0 spiro atoms. The second-order valence-electron chi connectivity index (χ2n) is 13.5. The van der Waals surface area contributed by atoms with Crippen molar-refractivity contribution in [3.05, 3.63) is 59.3 Å². The molecule has 0 bridgehead atoms. The molecule has 0 fully saturated rings. The quantitative estimate of drug-likeness (QED) is 0.109. The predicted octanol–water partition coefficient (Wildman–Crippen LogP) is 7.26. The Morgan fingerprint density at radius 3 is 2.48 bits per heavy atom. The minimum absolute atomic E-state index is 0.106. The monoisotopic (exact) mass is 612 g/mol. The zero-order valence-electron chi connectivity index (χ0n) is 26.6. The molecule has 228 valence electrons.